The second kappa shape index (κ2) is 9.09. The maximum atomic E-state index is 13.5. The van der Waals surface area contributed by atoms with Gasteiger partial charge in [0.15, 0.2) is 5.82 Å². The minimum Gasteiger partial charge on any atom is -0.323 e. The Kier molecular flexibility index (Phi) is 6.33. The molecule has 2 aromatic carbocycles. The average Bonchev–Trinajstić information content (AvgIpc) is 2.70. The quantitative estimate of drug-likeness (QED) is 0.617. The van der Waals surface area contributed by atoms with Crippen LogP contribution in [0.4, 0.5) is 15.9 Å². The van der Waals surface area contributed by atoms with Crippen LogP contribution in [0.5, 0.6) is 0 Å². The van der Waals surface area contributed by atoms with Crippen molar-refractivity contribution in [3.05, 3.63) is 77.6 Å². The van der Waals surface area contributed by atoms with Crippen LogP contribution >= 0.6 is 11.8 Å². The number of benzene rings is 2. The molecule has 0 aliphatic rings. The number of para-hydroxylation sites is 1. The smallest absolute Gasteiger partial charge is 0.256 e. The summed E-state index contributed by atoms with van der Waals surface area (Å²) in [5.74, 6) is -0.759. The van der Waals surface area contributed by atoms with Crippen molar-refractivity contribution in [3.8, 4) is 0 Å². The van der Waals surface area contributed by atoms with Crippen LogP contribution < -0.4 is 10.6 Å². The van der Waals surface area contributed by atoms with Gasteiger partial charge in [-0.1, -0.05) is 41.6 Å². The van der Waals surface area contributed by atoms with E-state index in [1.807, 2.05) is 19.1 Å². The van der Waals surface area contributed by atoms with E-state index in [1.165, 1.54) is 12.1 Å². The number of amides is 2. The molecule has 6 nitrogen and oxygen atoms in total. The largest absolute Gasteiger partial charge is 0.323 e. The highest BCUT2D eigenvalue weighted by molar-refractivity contribution is 7.99. The Morgan fingerprint density at radius 3 is 2.39 bits per heavy atom. The van der Waals surface area contributed by atoms with Gasteiger partial charge in [-0.15, -0.1) is 10.2 Å². The Morgan fingerprint density at radius 2 is 1.71 bits per heavy atom. The predicted molar refractivity (Wildman–Crippen MR) is 107 cm³/mol. The number of rotatable bonds is 6. The molecule has 0 fully saturated rings. The highest BCUT2D eigenvalue weighted by atomic mass is 32.2. The van der Waals surface area contributed by atoms with E-state index in [-0.39, 0.29) is 23.3 Å². The molecule has 3 rings (SSSR count). The molecule has 1 heterocycles. The molecule has 0 aliphatic carbocycles. The van der Waals surface area contributed by atoms with E-state index >= 15 is 0 Å². The zero-order valence-corrected chi connectivity index (χ0v) is 15.8. The number of carbonyl (C=O) groups excluding carboxylic acids is 2. The molecule has 2 N–H and O–H groups in total. The summed E-state index contributed by atoms with van der Waals surface area (Å²) in [5.41, 5.74) is 1.72. The van der Waals surface area contributed by atoms with Crippen LogP contribution in [-0.4, -0.2) is 27.8 Å². The van der Waals surface area contributed by atoms with Crippen LogP contribution in [0.25, 0.3) is 0 Å². The highest BCUT2D eigenvalue weighted by Crippen LogP contribution is 2.18. The SMILES string of the molecule is Cc1ccc(C(=O)Nc2ccc(SCC(=O)Nc3ccccc3F)nn2)cc1. The summed E-state index contributed by atoms with van der Waals surface area (Å²) in [6, 6.07) is 16.4. The molecule has 1 aromatic heterocycles. The Morgan fingerprint density at radius 1 is 0.964 bits per heavy atom. The molecule has 0 bridgehead atoms. The van der Waals surface area contributed by atoms with Crippen LogP contribution in [-0.2, 0) is 4.79 Å². The Labute approximate surface area is 165 Å². The molecule has 8 heteroatoms. The van der Waals surface area contributed by atoms with Crippen LogP contribution in [0.2, 0.25) is 0 Å². The van der Waals surface area contributed by atoms with Crippen LogP contribution in [0.1, 0.15) is 15.9 Å². The van der Waals surface area contributed by atoms with Gasteiger partial charge < -0.3 is 10.6 Å². The van der Waals surface area contributed by atoms with Crippen molar-refractivity contribution >= 4 is 35.1 Å². The minimum absolute atomic E-state index is 0.0537. The van der Waals surface area contributed by atoms with Crippen molar-refractivity contribution in [2.75, 3.05) is 16.4 Å². The number of halogens is 1. The normalized spacial score (nSPS) is 10.4. The summed E-state index contributed by atoms with van der Waals surface area (Å²) in [4.78, 5) is 24.1. The fraction of sp³-hybridized carbons (Fsp3) is 0.100. The summed E-state index contributed by atoms with van der Waals surface area (Å²) in [5, 5.41) is 13.6. The van der Waals surface area contributed by atoms with Crippen molar-refractivity contribution in [2.24, 2.45) is 0 Å². The molecule has 142 valence electrons. The van der Waals surface area contributed by atoms with E-state index < -0.39 is 5.82 Å². The number of nitrogens with one attached hydrogen (secondary N) is 2. The van der Waals surface area contributed by atoms with Gasteiger partial charge in [-0.3, -0.25) is 9.59 Å². The number of anilines is 2. The van der Waals surface area contributed by atoms with Gasteiger partial charge in [-0.2, -0.15) is 0 Å². The van der Waals surface area contributed by atoms with Gasteiger partial charge in [0.1, 0.15) is 10.8 Å². The molecule has 0 radical (unpaired) electrons. The third-order valence-electron chi connectivity index (χ3n) is 3.69. The van der Waals surface area contributed by atoms with Gasteiger partial charge in [0.2, 0.25) is 5.91 Å². The van der Waals surface area contributed by atoms with Gasteiger partial charge in [0.25, 0.3) is 5.91 Å². The van der Waals surface area contributed by atoms with Gasteiger partial charge in [-0.25, -0.2) is 4.39 Å². The van der Waals surface area contributed by atoms with Crippen LogP contribution in [0.15, 0.2) is 65.7 Å². The van der Waals surface area contributed by atoms with E-state index in [0.29, 0.717) is 16.4 Å². The summed E-state index contributed by atoms with van der Waals surface area (Å²) < 4.78 is 13.5. The van der Waals surface area contributed by atoms with Gasteiger partial charge >= 0.3 is 0 Å². The standard InChI is InChI=1S/C20H17FN4O2S/c1-13-6-8-14(9-7-13)20(27)23-17-10-11-19(25-24-17)28-12-18(26)22-16-5-3-2-4-15(16)21/h2-11H,12H2,1H3,(H,22,26)(H,23,24,27). The van der Waals surface area contributed by atoms with Crippen LogP contribution in [0.3, 0.4) is 0 Å². The van der Waals surface area contributed by atoms with E-state index in [1.54, 1.807) is 36.4 Å². The lowest BCUT2D eigenvalue weighted by atomic mass is 10.1. The molecule has 0 aliphatic heterocycles. The lowest BCUT2D eigenvalue weighted by Crippen LogP contribution is -2.15. The fourth-order valence-electron chi connectivity index (χ4n) is 2.25. The van der Waals surface area contributed by atoms with E-state index in [2.05, 4.69) is 20.8 Å². The van der Waals surface area contributed by atoms with Gasteiger partial charge in [-0.05, 0) is 43.3 Å². The third-order valence-corrected chi connectivity index (χ3v) is 4.61. The van der Waals surface area contributed by atoms with Crippen LogP contribution in [0, 0.1) is 12.7 Å². The summed E-state index contributed by atoms with van der Waals surface area (Å²) in [6.07, 6.45) is 0. The molecule has 0 unspecified atom stereocenters. The first-order chi connectivity index (χ1) is 13.5. The third kappa shape index (κ3) is 5.37. The maximum absolute atomic E-state index is 13.5. The Hall–Kier alpha value is -3.26. The van der Waals surface area contributed by atoms with Crippen molar-refractivity contribution in [1.82, 2.24) is 10.2 Å². The second-order valence-corrected chi connectivity index (χ2v) is 6.89. The van der Waals surface area contributed by atoms with E-state index in [0.717, 1.165) is 17.3 Å². The lowest BCUT2D eigenvalue weighted by molar-refractivity contribution is -0.113. The number of aryl methyl sites for hydroxylation is 1. The van der Waals surface area contributed by atoms with E-state index in [4.69, 9.17) is 0 Å². The molecule has 0 atom stereocenters. The highest BCUT2D eigenvalue weighted by Gasteiger charge is 2.09. The summed E-state index contributed by atoms with van der Waals surface area (Å²) in [6.45, 7) is 1.94. The minimum atomic E-state index is -0.491. The first-order valence-electron chi connectivity index (χ1n) is 8.40. The number of hydrogen-bond donors (Lipinski definition) is 2. The molecular weight excluding hydrogens is 379 g/mol. The molecular formula is C20H17FN4O2S. The van der Waals surface area contributed by atoms with Gasteiger partial charge in [0.05, 0.1) is 11.4 Å². The number of aromatic nitrogens is 2. The zero-order valence-electron chi connectivity index (χ0n) is 15.0. The first-order valence-corrected chi connectivity index (χ1v) is 9.39. The topological polar surface area (TPSA) is 84.0 Å². The molecule has 2 amide bonds. The Balaban J connectivity index is 1.51. The predicted octanol–water partition coefficient (Wildman–Crippen LogP) is 3.91. The number of hydrogen-bond acceptors (Lipinski definition) is 5. The van der Waals surface area contributed by atoms with Crippen molar-refractivity contribution in [3.63, 3.8) is 0 Å². The monoisotopic (exact) mass is 396 g/mol. The first kappa shape index (κ1) is 19.5. The second-order valence-electron chi connectivity index (χ2n) is 5.89. The maximum Gasteiger partial charge on any atom is 0.256 e. The molecule has 0 spiro atoms. The Bertz CT molecular complexity index is 978. The molecule has 28 heavy (non-hydrogen) atoms. The molecule has 3 aromatic rings. The van der Waals surface area contributed by atoms with Crippen molar-refractivity contribution in [2.45, 2.75) is 11.9 Å². The number of carbonyl (C=O) groups is 2. The van der Waals surface area contributed by atoms with Gasteiger partial charge in [0, 0.05) is 5.56 Å². The number of thioether (sulfide) groups is 1. The van der Waals surface area contributed by atoms with Crippen molar-refractivity contribution in [1.29, 1.82) is 0 Å². The average molecular weight is 396 g/mol. The zero-order chi connectivity index (χ0) is 19.9. The summed E-state index contributed by atoms with van der Waals surface area (Å²) >= 11 is 1.16. The summed E-state index contributed by atoms with van der Waals surface area (Å²) in [7, 11) is 0. The molecule has 0 saturated heterocycles. The lowest BCUT2D eigenvalue weighted by Gasteiger charge is -2.06. The molecule has 0 saturated carbocycles. The van der Waals surface area contributed by atoms with E-state index in [9.17, 15) is 14.0 Å². The van der Waals surface area contributed by atoms with Crippen molar-refractivity contribution < 1.29 is 14.0 Å². The number of nitrogens with zero attached hydrogens (tertiary/aromatic N) is 2. The fourth-order valence-corrected chi connectivity index (χ4v) is 2.86.